The normalized spacial score (nSPS) is 9.88. The van der Waals surface area contributed by atoms with E-state index in [1.54, 1.807) is 0 Å². The van der Waals surface area contributed by atoms with Crippen LogP contribution in [0.2, 0.25) is 0 Å². The maximum atomic E-state index is 11.6. The Bertz CT molecular complexity index is 602. The van der Waals surface area contributed by atoms with E-state index in [9.17, 15) is 24.5 Å². The minimum absolute atomic E-state index is 0.0965. The third-order valence-corrected chi connectivity index (χ3v) is 3.01. The van der Waals surface area contributed by atoms with Crippen molar-refractivity contribution in [1.82, 2.24) is 10.4 Å². The third-order valence-electron chi connectivity index (χ3n) is 3.01. The minimum atomic E-state index is -0.854. The molecule has 0 saturated carbocycles. The summed E-state index contributed by atoms with van der Waals surface area (Å²) in [5.41, 5.74) is 4.81. The lowest BCUT2D eigenvalue weighted by Gasteiger charge is -2.07. The van der Waals surface area contributed by atoms with E-state index < -0.39 is 16.7 Å². The highest BCUT2D eigenvalue weighted by molar-refractivity contribution is 6.33. The Labute approximate surface area is 137 Å². The second-order valence-corrected chi connectivity index (χ2v) is 4.81. The van der Waals surface area contributed by atoms with Crippen LogP contribution in [0, 0.1) is 10.1 Å². The Hall–Kier alpha value is -3.04. The molecule has 0 radical (unpaired) electrons. The summed E-state index contributed by atoms with van der Waals surface area (Å²) in [6.45, 7) is 0. The van der Waals surface area contributed by atoms with E-state index in [0.29, 0.717) is 19.3 Å². The number of nitrogens with zero attached hydrogens (tertiary/aromatic N) is 2. The first-order valence-corrected chi connectivity index (χ1v) is 7.20. The average Bonchev–Trinajstić information content (AvgIpc) is 2.58. The predicted molar refractivity (Wildman–Crippen MR) is 82.8 cm³/mol. The Morgan fingerprint density at radius 1 is 1.21 bits per heavy atom. The molecule has 24 heavy (non-hydrogen) atoms. The van der Waals surface area contributed by atoms with Crippen LogP contribution in [0.1, 0.15) is 32.1 Å². The Morgan fingerprint density at radius 3 is 2.50 bits per heavy atom. The van der Waals surface area contributed by atoms with Crippen molar-refractivity contribution in [2.45, 2.75) is 32.1 Å². The SMILES string of the molecule is COC(=O)C(=O)CCCCCC(=O)NNc1ccc([N+](=O)[O-])cn1. The van der Waals surface area contributed by atoms with Crippen molar-refractivity contribution in [2.75, 3.05) is 12.5 Å². The number of hydrazine groups is 1. The predicted octanol–water partition coefficient (Wildman–Crippen LogP) is 1.13. The second-order valence-electron chi connectivity index (χ2n) is 4.81. The standard InChI is InChI=1S/C14H18N4O6/c1-24-14(21)11(19)5-3-2-4-6-13(20)17-16-12-8-7-10(9-15-12)18(22)23/h7-9H,2-6H2,1H3,(H,15,16)(H,17,20). The number of aromatic nitrogens is 1. The molecule has 0 unspecified atom stereocenters. The van der Waals surface area contributed by atoms with Crippen LogP contribution in [0.25, 0.3) is 0 Å². The average molecular weight is 338 g/mol. The summed E-state index contributed by atoms with van der Waals surface area (Å²) in [7, 11) is 1.15. The largest absolute Gasteiger partial charge is 0.463 e. The van der Waals surface area contributed by atoms with E-state index in [0.717, 1.165) is 13.3 Å². The first-order valence-electron chi connectivity index (χ1n) is 7.20. The fraction of sp³-hybridized carbons (Fsp3) is 0.429. The van der Waals surface area contributed by atoms with Crippen molar-refractivity contribution >= 4 is 29.2 Å². The fourth-order valence-electron chi connectivity index (χ4n) is 1.73. The van der Waals surface area contributed by atoms with Gasteiger partial charge in [0.2, 0.25) is 11.7 Å². The highest BCUT2D eigenvalue weighted by Crippen LogP contribution is 2.11. The number of ketones is 1. The second kappa shape index (κ2) is 9.87. The Morgan fingerprint density at radius 2 is 1.92 bits per heavy atom. The van der Waals surface area contributed by atoms with Gasteiger partial charge in [-0.25, -0.2) is 9.78 Å². The molecule has 1 heterocycles. The van der Waals surface area contributed by atoms with Gasteiger partial charge in [0.1, 0.15) is 12.0 Å². The molecular formula is C14H18N4O6. The van der Waals surface area contributed by atoms with Crippen molar-refractivity contribution in [3.05, 3.63) is 28.4 Å². The maximum absolute atomic E-state index is 11.6. The molecular weight excluding hydrogens is 320 g/mol. The number of amides is 1. The number of methoxy groups -OCH3 is 1. The van der Waals surface area contributed by atoms with Gasteiger partial charge in [-0.1, -0.05) is 6.42 Å². The highest BCUT2D eigenvalue weighted by Gasteiger charge is 2.12. The number of anilines is 1. The lowest BCUT2D eigenvalue weighted by Crippen LogP contribution is -2.29. The summed E-state index contributed by atoms with van der Waals surface area (Å²) in [5.74, 6) is -1.44. The quantitative estimate of drug-likeness (QED) is 0.213. The van der Waals surface area contributed by atoms with Gasteiger partial charge >= 0.3 is 5.97 Å². The van der Waals surface area contributed by atoms with Gasteiger partial charge < -0.3 is 4.74 Å². The van der Waals surface area contributed by atoms with Gasteiger partial charge in [-0.05, 0) is 18.9 Å². The van der Waals surface area contributed by atoms with E-state index in [-0.39, 0.29) is 30.3 Å². The maximum Gasteiger partial charge on any atom is 0.374 e. The van der Waals surface area contributed by atoms with Gasteiger partial charge in [0.25, 0.3) is 5.69 Å². The Balaban J connectivity index is 2.17. The Kier molecular flexibility index (Phi) is 7.82. The summed E-state index contributed by atoms with van der Waals surface area (Å²) in [5, 5.41) is 10.5. The number of carbonyl (C=O) groups excluding carboxylic acids is 3. The van der Waals surface area contributed by atoms with Crippen molar-refractivity contribution in [3.63, 3.8) is 0 Å². The van der Waals surface area contributed by atoms with Crippen LogP contribution in [0.3, 0.4) is 0 Å². The van der Waals surface area contributed by atoms with Crippen LogP contribution in [0.4, 0.5) is 11.5 Å². The van der Waals surface area contributed by atoms with E-state index >= 15 is 0 Å². The van der Waals surface area contributed by atoms with Crippen molar-refractivity contribution in [1.29, 1.82) is 0 Å². The molecule has 0 bridgehead atoms. The van der Waals surface area contributed by atoms with Gasteiger partial charge in [-0.2, -0.15) is 0 Å². The summed E-state index contributed by atoms with van der Waals surface area (Å²) in [6, 6.07) is 2.64. The van der Waals surface area contributed by atoms with Crippen LogP contribution in [0.15, 0.2) is 18.3 Å². The molecule has 1 aromatic rings. The number of carbonyl (C=O) groups is 3. The molecule has 0 saturated heterocycles. The number of hydrogen-bond donors (Lipinski definition) is 2. The lowest BCUT2D eigenvalue weighted by atomic mass is 10.1. The van der Waals surface area contributed by atoms with Crippen LogP contribution < -0.4 is 10.9 Å². The summed E-state index contributed by atoms with van der Waals surface area (Å²) >= 11 is 0. The molecule has 2 N–H and O–H groups in total. The zero-order chi connectivity index (χ0) is 17.9. The minimum Gasteiger partial charge on any atom is -0.463 e. The molecule has 0 aromatic carbocycles. The number of hydrogen-bond acceptors (Lipinski definition) is 8. The molecule has 10 nitrogen and oxygen atoms in total. The first-order chi connectivity index (χ1) is 11.4. The molecule has 0 aliphatic carbocycles. The molecule has 0 aliphatic heterocycles. The smallest absolute Gasteiger partial charge is 0.374 e. The molecule has 0 atom stereocenters. The highest BCUT2D eigenvalue weighted by atomic mass is 16.6. The number of pyridine rings is 1. The number of unbranched alkanes of at least 4 members (excludes halogenated alkanes) is 2. The van der Waals surface area contributed by atoms with E-state index in [2.05, 4.69) is 20.6 Å². The number of esters is 1. The number of rotatable bonds is 10. The number of Topliss-reactive ketones (excluding diaryl/α,β-unsaturated/α-hetero) is 1. The molecule has 130 valence electrons. The molecule has 0 fully saturated rings. The van der Waals surface area contributed by atoms with Crippen molar-refractivity contribution < 1.29 is 24.0 Å². The monoisotopic (exact) mass is 338 g/mol. The fourth-order valence-corrected chi connectivity index (χ4v) is 1.73. The van der Waals surface area contributed by atoms with E-state index in [1.807, 2.05) is 0 Å². The molecule has 1 amide bonds. The van der Waals surface area contributed by atoms with Gasteiger partial charge in [-0.3, -0.25) is 30.6 Å². The van der Waals surface area contributed by atoms with Crippen LogP contribution >= 0.6 is 0 Å². The zero-order valence-electron chi connectivity index (χ0n) is 13.1. The van der Waals surface area contributed by atoms with Gasteiger partial charge in [-0.15, -0.1) is 0 Å². The van der Waals surface area contributed by atoms with E-state index in [4.69, 9.17) is 0 Å². The topological polar surface area (TPSA) is 141 Å². The molecule has 1 rings (SSSR count). The summed E-state index contributed by atoms with van der Waals surface area (Å²) in [6.07, 6.45) is 3.07. The van der Waals surface area contributed by atoms with Gasteiger partial charge in [0, 0.05) is 18.9 Å². The van der Waals surface area contributed by atoms with Crippen LogP contribution in [-0.2, 0) is 19.1 Å². The van der Waals surface area contributed by atoms with Crippen molar-refractivity contribution in [3.8, 4) is 0 Å². The van der Waals surface area contributed by atoms with E-state index in [1.165, 1.54) is 12.1 Å². The number of nitrogens with one attached hydrogen (secondary N) is 2. The lowest BCUT2D eigenvalue weighted by molar-refractivity contribution is -0.385. The third kappa shape index (κ3) is 6.81. The molecule has 0 aliphatic rings. The zero-order valence-corrected chi connectivity index (χ0v) is 13.1. The van der Waals surface area contributed by atoms with Crippen molar-refractivity contribution in [2.24, 2.45) is 0 Å². The first kappa shape index (κ1) is 19.0. The van der Waals surface area contributed by atoms with Gasteiger partial charge in [0.05, 0.1) is 12.0 Å². The van der Waals surface area contributed by atoms with Crippen LogP contribution in [-0.4, -0.2) is 34.7 Å². The summed E-state index contributed by atoms with van der Waals surface area (Å²) in [4.78, 5) is 47.3. The molecule has 1 aromatic heterocycles. The van der Waals surface area contributed by atoms with Gasteiger partial charge in [0.15, 0.2) is 0 Å². The summed E-state index contributed by atoms with van der Waals surface area (Å²) < 4.78 is 4.30. The number of ether oxygens (including phenoxy) is 1. The molecule has 10 heteroatoms. The van der Waals surface area contributed by atoms with Crippen LogP contribution in [0.5, 0.6) is 0 Å². The molecule has 0 spiro atoms. The number of nitro groups is 1.